The molecule has 1 heterocycles. The van der Waals surface area contributed by atoms with Gasteiger partial charge in [0.2, 0.25) is 0 Å². The topological polar surface area (TPSA) is 48.4 Å². The molecule has 2 N–H and O–H groups in total. The molecule has 3 nitrogen and oxygen atoms in total. The molecule has 0 saturated carbocycles. The SMILES string of the molecule is COCc1c(CN)oc2c(Cl)ccc(C)c12. The third-order valence-corrected chi connectivity index (χ3v) is 2.95. The minimum absolute atomic E-state index is 0.350. The van der Waals surface area contributed by atoms with Crippen molar-refractivity contribution in [2.24, 2.45) is 5.73 Å². The van der Waals surface area contributed by atoms with E-state index in [0.29, 0.717) is 23.8 Å². The number of methoxy groups -OCH3 is 1. The monoisotopic (exact) mass is 239 g/mol. The van der Waals surface area contributed by atoms with Gasteiger partial charge >= 0.3 is 0 Å². The fourth-order valence-corrected chi connectivity index (χ4v) is 2.11. The van der Waals surface area contributed by atoms with Crippen LogP contribution in [0.15, 0.2) is 16.5 Å². The number of hydrogen-bond donors (Lipinski definition) is 1. The van der Waals surface area contributed by atoms with Crippen LogP contribution in [-0.4, -0.2) is 7.11 Å². The first kappa shape index (κ1) is 11.5. The Labute approximate surface area is 99.1 Å². The summed E-state index contributed by atoms with van der Waals surface area (Å²) in [4.78, 5) is 0. The highest BCUT2D eigenvalue weighted by molar-refractivity contribution is 6.35. The van der Waals surface area contributed by atoms with Gasteiger partial charge in [-0.1, -0.05) is 17.7 Å². The number of benzene rings is 1. The van der Waals surface area contributed by atoms with Gasteiger partial charge < -0.3 is 14.9 Å². The van der Waals surface area contributed by atoms with Crippen molar-refractivity contribution in [2.45, 2.75) is 20.1 Å². The average Bonchev–Trinajstić information content (AvgIpc) is 2.64. The molecule has 0 aliphatic carbocycles. The molecule has 2 rings (SSSR count). The molecule has 0 aliphatic heterocycles. The zero-order valence-corrected chi connectivity index (χ0v) is 10.1. The number of aryl methyl sites for hydroxylation is 1. The normalized spacial score (nSPS) is 11.2. The summed E-state index contributed by atoms with van der Waals surface area (Å²) in [6, 6.07) is 3.80. The number of halogens is 1. The van der Waals surface area contributed by atoms with Crippen LogP contribution in [0.3, 0.4) is 0 Å². The molecule has 0 bridgehead atoms. The predicted octanol–water partition coefficient (Wildman–Crippen LogP) is 3.00. The summed E-state index contributed by atoms with van der Waals surface area (Å²) in [5, 5.41) is 1.63. The average molecular weight is 240 g/mol. The van der Waals surface area contributed by atoms with Crippen LogP contribution in [-0.2, 0) is 17.9 Å². The molecule has 0 saturated heterocycles. The van der Waals surface area contributed by atoms with Crippen molar-refractivity contribution in [3.8, 4) is 0 Å². The zero-order valence-electron chi connectivity index (χ0n) is 9.34. The maximum Gasteiger partial charge on any atom is 0.153 e. The van der Waals surface area contributed by atoms with Crippen molar-refractivity contribution >= 4 is 22.6 Å². The molecule has 0 amide bonds. The molecule has 0 spiro atoms. The van der Waals surface area contributed by atoms with Crippen LogP contribution in [0.2, 0.25) is 5.02 Å². The minimum atomic E-state index is 0.350. The lowest BCUT2D eigenvalue weighted by molar-refractivity contribution is 0.184. The Morgan fingerprint density at radius 1 is 1.44 bits per heavy atom. The molecule has 2 aromatic rings. The second-order valence-electron chi connectivity index (χ2n) is 3.71. The van der Waals surface area contributed by atoms with Crippen LogP contribution < -0.4 is 5.73 Å². The number of fused-ring (bicyclic) bond motifs is 1. The maximum atomic E-state index is 6.10. The van der Waals surface area contributed by atoms with Gasteiger partial charge in [0.1, 0.15) is 5.76 Å². The van der Waals surface area contributed by atoms with Crippen molar-refractivity contribution in [3.05, 3.63) is 34.0 Å². The van der Waals surface area contributed by atoms with Gasteiger partial charge in [0, 0.05) is 18.1 Å². The Balaban J connectivity index is 2.78. The van der Waals surface area contributed by atoms with E-state index < -0.39 is 0 Å². The molecule has 0 radical (unpaired) electrons. The zero-order chi connectivity index (χ0) is 11.7. The summed E-state index contributed by atoms with van der Waals surface area (Å²) in [5.74, 6) is 0.744. The molecule has 0 aliphatic rings. The van der Waals surface area contributed by atoms with Gasteiger partial charge in [-0.15, -0.1) is 0 Å². The van der Waals surface area contributed by atoms with E-state index in [-0.39, 0.29) is 0 Å². The number of rotatable bonds is 3. The number of furan rings is 1. The fourth-order valence-electron chi connectivity index (χ4n) is 1.92. The quantitative estimate of drug-likeness (QED) is 0.896. The van der Waals surface area contributed by atoms with Crippen molar-refractivity contribution in [2.75, 3.05) is 7.11 Å². The summed E-state index contributed by atoms with van der Waals surface area (Å²) >= 11 is 6.10. The van der Waals surface area contributed by atoms with Gasteiger partial charge in [-0.05, 0) is 18.6 Å². The summed E-state index contributed by atoms with van der Waals surface area (Å²) in [6.45, 7) is 2.86. The molecule has 86 valence electrons. The summed E-state index contributed by atoms with van der Waals surface area (Å²) in [5.41, 5.74) is 8.48. The number of ether oxygens (including phenoxy) is 1. The fraction of sp³-hybridized carbons (Fsp3) is 0.333. The Morgan fingerprint density at radius 3 is 2.81 bits per heavy atom. The molecule has 1 aromatic heterocycles. The third-order valence-electron chi connectivity index (χ3n) is 2.66. The lowest BCUT2D eigenvalue weighted by atomic mass is 10.1. The van der Waals surface area contributed by atoms with Crippen LogP contribution in [0.25, 0.3) is 11.0 Å². The van der Waals surface area contributed by atoms with Crippen molar-refractivity contribution < 1.29 is 9.15 Å². The molecular formula is C12H14ClNO2. The Kier molecular flexibility index (Phi) is 3.19. The number of hydrogen-bond acceptors (Lipinski definition) is 3. The maximum absolute atomic E-state index is 6.10. The van der Waals surface area contributed by atoms with E-state index in [0.717, 1.165) is 22.3 Å². The number of nitrogens with two attached hydrogens (primary N) is 1. The van der Waals surface area contributed by atoms with Crippen molar-refractivity contribution in [1.29, 1.82) is 0 Å². The lowest BCUT2D eigenvalue weighted by Gasteiger charge is -2.01. The second-order valence-corrected chi connectivity index (χ2v) is 4.12. The molecule has 0 atom stereocenters. The van der Waals surface area contributed by atoms with E-state index in [9.17, 15) is 0 Å². The van der Waals surface area contributed by atoms with E-state index in [1.807, 2.05) is 19.1 Å². The molecule has 1 aromatic carbocycles. The molecule has 16 heavy (non-hydrogen) atoms. The van der Waals surface area contributed by atoms with E-state index in [2.05, 4.69) is 0 Å². The van der Waals surface area contributed by atoms with Crippen LogP contribution in [0, 0.1) is 6.92 Å². The largest absolute Gasteiger partial charge is 0.458 e. The smallest absolute Gasteiger partial charge is 0.153 e. The Hall–Kier alpha value is -1.03. The summed E-state index contributed by atoms with van der Waals surface area (Å²) in [6.07, 6.45) is 0. The van der Waals surface area contributed by atoms with Crippen LogP contribution >= 0.6 is 11.6 Å². The summed E-state index contributed by atoms with van der Waals surface area (Å²) in [7, 11) is 1.65. The van der Waals surface area contributed by atoms with Crippen LogP contribution in [0.1, 0.15) is 16.9 Å². The first-order valence-electron chi connectivity index (χ1n) is 5.07. The minimum Gasteiger partial charge on any atom is -0.458 e. The molecule has 4 heteroatoms. The highest BCUT2D eigenvalue weighted by atomic mass is 35.5. The molecule has 0 unspecified atom stereocenters. The van der Waals surface area contributed by atoms with E-state index in [1.165, 1.54) is 0 Å². The highest BCUT2D eigenvalue weighted by Crippen LogP contribution is 2.33. The highest BCUT2D eigenvalue weighted by Gasteiger charge is 2.16. The van der Waals surface area contributed by atoms with Gasteiger partial charge in [0.25, 0.3) is 0 Å². The Morgan fingerprint density at radius 2 is 2.19 bits per heavy atom. The molecular weight excluding hydrogens is 226 g/mol. The van der Waals surface area contributed by atoms with E-state index in [4.69, 9.17) is 26.5 Å². The lowest BCUT2D eigenvalue weighted by Crippen LogP contribution is -1.99. The standard InChI is InChI=1S/C12H14ClNO2/c1-7-3-4-9(13)12-11(7)8(6-15-2)10(5-14)16-12/h3-4H,5-6,14H2,1-2H3. The van der Waals surface area contributed by atoms with Crippen molar-refractivity contribution in [3.63, 3.8) is 0 Å². The van der Waals surface area contributed by atoms with Gasteiger partial charge in [-0.3, -0.25) is 0 Å². The Bertz CT molecular complexity index is 519. The van der Waals surface area contributed by atoms with Gasteiger partial charge in [0.05, 0.1) is 18.2 Å². The first-order chi connectivity index (χ1) is 7.69. The molecule has 0 fully saturated rings. The third kappa shape index (κ3) is 1.71. The van der Waals surface area contributed by atoms with Gasteiger partial charge in [-0.25, -0.2) is 0 Å². The van der Waals surface area contributed by atoms with Gasteiger partial charge in [0.15, 0.2) is 5.58 Å². The predicted molar refractivity (Wildman–Crippen MR) is 64.6 cm³/mol. The van der Waals surface area contributed by atoms with Crippen molar-refractivity contribution in [1.82, 2.24) is 0 Å². The van der Waals surface area contributed by atoms with Gasteiger partial charge in [-0.2, -0.15) is 0 Å². The van der Waals surface area contributed by atoms with E-state index >= 15 is 0 Å². The first-order valence-corrected chi connectivity index (χ1v) is 5.45. The van der Waals surface area contributed by atoms with Crippen LogP contribution in [0.4, 0.5) is 0 Å². The van der Waals surface area contributed by atoms with E-state index in [1.54, 1.807) is 7.11 Å². The second kappa shape index (κ2) is 4.45. The van der Waals surface area contributed by atoms with Crippen LogP contribution in [0.5, 0.6) is 0 Å². The summed E-state index contributed by atoms with van der Waals surface area (Å²) < 4.78 is 10.8.